The Bertz CT molecular complexity index is 698. The summed E-state index contributed by atoms with van der Waals surface area (Å²) in [5.41, 5.74) is 8.62. The van der Waals surface area contributed by atoms with Gasteiger partial charge in [-0.25, -0.2) is 0 Å². The number of benzene rings is 2. The number of ether oxygens (including phenoxy) is 1. The van der Waals surface area contributed by atoms with E-state index in [2.05, 4.69) is 0 Å². The van der Waals surface area contributed by atoms with Crippen molar-refractivity contribution in [3.63, 3.8) is 0 Å². The molecule has 3 rings (SSSR count). The minimum absolute atomic E-state index is 0.553. The molecule has 3 aromatic rings. The molecule has 19 heavy (non-hydrogen) atoms. The van der Waals surface area contributed by atoms with Crippen LogP contribution in [0.15, 0.2) is 52.9 Å². The fraction of sp³-hybridized carbons (Fsp3) is 0.125. The minimum atomic E-state index is 0.553. The van der Waals surface area contributed by atoms with E-state index in [9.17, 15) is 0 Å². The van der Waals surface area contributed by atoms with Crippen LogP contribution in [0.5, 0.6) is 5.75 Å². The van der Waals surface area contributed by atoms with E-state index in [1.54, 1.807) is 7.11 Å². The lowest BCUT2D eigenvalue weighted by atomic mass is 10.1. The van der Waals surface area contributed by atoms with Crippen LogP contribution in [-0.4, -0.2) is 7.11 Å². The fourth-order valence-electron chi connectivity index (χ4n) is 2.10. The van der Waals surface area contributed by atoms with Crippen molar-refractivity contribution in [3.8, 4) is 17.1 Å². The zero-order chi connectivity index (χ0) is 13.2. The van der Waals surface area contributed by atoms with E-state index < -0.39 is 0 Å². The summed E-state index contributed by atoms with van der Waals surface area (Å²) >= 11 is 0. The van der Waals surface area contributed by atoms with E-state index in [0.717, 1.165) is 33.6 Å². The number of fused-ring (bicyclic) bond motifs is 1. The Morgan fingerprint density at radius 2 is 1.84 bits per heavy atom. The van der Waals surface area contributed by atoms with Gasteiger partial charge in [-0.05, 0) is 29.8 Å². The molecule has 0 bridgehead atoms. The normalized spacial score (nSPS) is 10.8. The zero-order valence-electron chi connectivity index (χ0n) is 10.7. The standard InChI is InChI=1S/C16H15NO2/c1-18-14-6-7-15-13(8-14)9-16(19-15)12-4-2-11(10-17)3-5-12/h2-9H,10,17H2,1H3. The zero-order valence-corrected chi connectivity index (χ0v) is 10.7. The third-order valence-electron chi connectivity index (χ3n) is 3.20. The first-order valence-electron chi connectivity index (χ1n) is 6.17. The molecular formula is C16H15NO2. The van der Waals surface area contributed by atoms with Gasteiger partial charge in [0.2, 0.25) is 0 Å². The second-order valence-corrected chi connectivity index (χ2v) is 4.42. The Labute approximate surface area is 111 Å². The minimum Gasteiger partial charge on any atom is -0.497 e. The monoisotopic (exact) mass is 253 g/mol. The van der Waals surface area contributed by atoms with Crippen LogP contribution in [0.3, 0.4) is 0 Å². The summed E-state index contributed by atoms with van der Waals surface area (Å²) in [7, 11) is 1.66. The first-order valence-corrected chi connectivity index (χ1v) is 6.17. The third-order valence-corrected chi connectivity index (χ3v) is 3.20. The van der Waals surface area contributed by atoms with E-state index in [-0.39, 0.29) is 0 Å². The smallest absolute Gasteiger partial charge is 0.135 e. The van der Waals surface area contributed by atoms with Crippen molar-refractivity contribution in [1.29, 1.82) is 0 Å². The van der Waals surface area contributed by atoms with E-state index in [1.165, 1.54) is 0 Å². The van der Waals surface area contributed by atoms with E-state index in [1.807, 2.05) is 48.5 Å². The van der Waals surface area contributed by atoms with Crippen LogP contribution in [0, 0.1) is 0 Å². The molecule has 0 unspecified atom stereocenters. The quantitative estimate of drug-likeness (QED) is 0.776. The topological polar surface area (TPSA) is 48.4 Å². The van der Waals surface area contributed by atoms with Gasteiger partial charge in [-0.2, -0.15) is 0 Å². The van der Waals surface area contributed by atoms with Crippen molar-refractivity contribution >= 4 is 11.0 Å². The van der Waals surface area contributed by atoms with Gasteiger partial charge in [0.25, 0.3) is 0 Å². The Hall–Kier alpha value is -2.26. The lowest BCUT2D eigenvalue weighted by molar-refractivity contribution is 0.415. The van der Waals surface area contributed by atoms with Crippen molar-refractivity contribution in [2.75, 3.05) is 7.11 Å². The molecule has 0 saturated carbocycles. The highest BCUT2D eigenvalue weighted by Crippen LogP contribution is 2.30. The fourth-order valence-corrected chi connectivity index (χ4v) is 2.10. The molecule has 2 N–H and O–H groups in total. The molecule has 1 aromatic heterocycles. The second kappa shape index (κ2) is 4.78. The van der Waals surface area contributed by atoms with Gasteiger partial charge in [-0.3, -0.25) is 0 Å². The Kier molecular flexibility index (Phi) is 2.97. The van der Waals surface area contributed by atoms with Crippen LogP contribution >= 0.6 is 0 Å². The molecule has 0 aliphatic carbocycles. The lowest BCUT2D eigenvalue weighted by Crippen LogP contribution is -1.94. The molecule has 0 aliphatic rings. The maximum Gasteiger partial charge on any atom is 0.135 e. The number of hydrogen-bond donors (Lipinski definition) is 1. The lowest BCUT2D eigenvalue weighted by Gasteiger charge is -1.98. The van der Waals surface area contributed by atoms with Crippen LogP contribution in [0.25, 0.3) is 22.3 Å². The number of furan rings is 1. The van der Waals surface area contributed by atoms with Crippen LogP contribution in [-0.2, 0) is 6.54 Å². The summed E-state index contributed by atoms with van der Waals surface area (Å²) in [6.07, 6.45) is 0. The van der Waals surface area contributed by atoms with E-state index in [0.29, 0.717) is 6.54 Å². The van der Waals surface area contributed by atoms with Crippen molar-refractivity contribution in [1.82, 2.24) is 0 Å². The molecule has 96 valence electrons. The summed E-state index contributed by atoms with van der Waals surface area (Å²) in [6, 6.07) is 15.9. The van der Waals surface area contributed by atoms with Crippen molar-refractivity contribution in [3.05, 3.63) is 54.1 Å². The Morgan fingerprint density at radius 3 is 2.53 bits per heavy atom. The number of rotatable bonds is 3. The molecule has 0 atom stereocenters. The van der Waals surface area contributed by atoms with Gasteiger partial charge in [-0.1, -0.05) is 24.3 Å². The summed E-state index contributed by atoms with van der Waals surface area (Å²) in [5, 5.41) is 1.04. The SMILES string of the molecule is COc1ccc2oc(-c3ccc(CN)cc3)cc2c1. The molecule has 3 heteroatoms. The average molecular weight is 253 g/mol. The molecule has 2 aromatic carbocycles. The largest absolute Gasteiger partial charge is 0.497 e. The van der Waals surface area contributed by atoms with Gasteiger partial charge < -0.3 is 14.9 Å². The number of nitrogens with two attached hydrogens (primary N) is 1. The molecule has 1 heterocycles. The van der Waals surface area contributed by atoms with Crippen molar-refractivity contribution in [2.45, 2.75) is 6.54 Å². The molecule has 3 nitrogen and oxygen atoms in total. The van der Waals surface area contributed by atoms with Gasteiger partial charge in [0.15, 0.2) is 0 Å². The molecule has 0 spiro atoms. The van der Waals surface area contributed by atoms with Crippen molar-refractivity contribution < 1.29 is 9.15 Å². The second-order valence-electron chi connectivity index (χ2n) is 4.42. The number of methoxy groups -OCH3 is 1. The maximum absolute atomic E-state index is 5.84. The predicted molar refractivity (Wildman–Crippen MR) is 76.1 cm³/mol. The maximum atomic E-state index is 5.84. The van der Waals surface area contributed by atoms with Gasteiger partial charge >= 0.3 is 0 Å². The van der Waals surface area contributed by atoms with Gasteiger partial charge in [0.05, 0.1) is 7.11 Å². The van der Waals surface area contributed by atoms with Crippen LogP contribution in [0.1, 0.15) is 5.56 Å². The molecule has 0 amide bonds. The van der Waals surface area contributed by atoms with Crippen LogP contribution in [0.4, 0.5) is 0 Å². The van der Waals surface area contributed by atoms with Gasteiger partial charge in [0, 0.05) is 17.5 Å². The summed E-state index contributed by atoms with van der Waals surface area (Å²) in [4.78, 5) is 0. The molecule has 0 radical (unpaired) electrons. The highest BCUT2D eigenvalue weighted by Gasteiger charge is 2.07. The van der Waals surface area contributed by atoms with E-state index in [4.69, 9.17) is 14.9 Å². The van der Waals surface area contributed by atoms with Gasteiger partial charge in [-0.15, -0.1) is 0 Å². The Balaban J connectivity index is 2.04. The summed E-state index contributed by atoms with van der Waals surface area (Å²) < 4.78 is 11.1. The van der Waals surface area contributed by atoms with Crippen LogP contribution < -0.4 is 10.5 Å². The highest BCUT2D eigenvalue weighted by molar-refractivity contribution is 5.84. The first kappa shape index (κ1) is 11.8. The molecule has 0 fully saturated rings. The summed E-state index contributed by atoms with van der Waals surface area (Å²) in [5.74, 6) is 1.69. The molecular weight excluding hydrogens is 238 g/mol. The molecule has 0 saturated heterocycles. The Morgan fingerprint density at radius 1 is 1.05 bits per heavy atom. The predicted octanol–water partition coefficient (Wildman–Crippen LogP) is 3.57. The van der Waals surface area contributed by atoms with Crippen molar-refractivity contribution in [2.24, 2.45) is 5.73 Å². The summed E-state index contributed by atoms with van der Waals surface area (Å²) in [6.45, 7) is 0.553. The van der Waals surface area contributed by atoms with Gasteiger partial charge in [0.1, 0.15) is 17.1 Å². The highest BCUT2D eigenvalue weighted by atomic mass is 16.5. The first-order chi connectivity index (χ1) is 9.30. The third kappa shape index (κ3) is 2.20. The molecule has 0 aliphatic heterocycles. The van der Waals surface area contributed by atoms with E-state index >= 15 is 0 Å². The van der Waals surface area contributed by atoms with Crippen LogP contribution in [0.2, 0.25) is 0 Å². The average Bonchev–Trinajstić information content (AvgIpc) is 2.90. The number of hydrogen-bond acceptors (Lipinski definition) is 3.